The number of hydrogen-bond acceptors (Lipinski definition) is 5. The number of imidazole rings is 1. The van der Waals surface area contributed by atoms with E-state index in [-0.39, 0.29) is 47.8 Å². The summed E-state index contributed by atoms with van der Waals surface area (Å²) in [7, 11) is 1.51. The fraction of sp³-hybridized carbons (Fsp3) is 0.194. The quantitative estimate of drug-likeness (QED) is 0.184. The predicted octanol–water partition coefficient (Wildman–Crippen LogP) is 6.51. The van der Waals surface area contributed by atoms with Gasteiger partial charge in [-0.15, -0.1) is 0 Å². The standard InChI is InChI=1S/C31H26F4N4O3/c1-17-3-4-19(23(33)11-17)16-36-30-22(32)6-8-26(38-30)21-15-24(34)20(12-25(21)35)14-29-37-27-7-5-18(31(40)41)13-28(27)39(29)9-10-42-2/h3-8,11-13,15H,9-10,14,16H2,1-2H3,(H,36,38)(H,40,41). The highest BCUT2D eigenvalue weighted by atomic mass is 19.1. The normalized spacial score (nSPS) is 11.3. The number of benzene rings is 3. The number of nitrogens with one attached hydrogen (secondary N) is 1. The average molecular weight is 579 g/mol. The highest BCUT2D eigenvalue weighted by molar-refractivity contribution is 5.92. The van der Waals surface area contributed by atoms with Crippen LogP contribution in [0.4, 0.5) is 23.4 Å². The number of nitrogens with zero attached hydrogens (tertiary/aromatic N) is 3. The molecule has 0 spiro atoms. The highest BCUT2D eigenvalue weighted by Gasteiger charge is 2.19. The van der Waals surface area contributed by atoms with Gasteiger partial charge in [-0.1, -0.05) is 12.1 Å². The molecule has 0 aliphatic carbocycles. The van der Waals surface area contributed by atoms with Crippen molar-refractivity contribution in [2.45, 2.75) is 26.4 Å². The molecular formula is C31H26F4N4O3. The Balaban J connectivity index is 1.44. The van der Waals surface area contributed by atoms with E-state index in [1.165, 1.54) is 31.4 Å². The van der Waals surface area contributed by atoms with Crippen molar-refractivity contribution in [1.29, 1.82) is 0 Å². The van der Waals surface area contributed by atoms with Crippen molar-refractivity contribution in [2.24, 2.45) is 0 Å². The van der Waals surface area contributed by atoms with Gasteiger partial charge >= 0.3 is 5.97 Å². The van der Waals surface area contributed by atoms with Gasteiger partial charge in [-0.25, -0.2) is 32.3 Å². The minimum Gasteiger partial charge on any atom is -0.478 e. The van der Waals surface area contributed by atoms with E-state index in [1.807, 2.05) is 0 Å². The Hall–Kier alpha value is -4.77. The van der Waals surface area contributed by atoms with Crippen molar-refractivity contribution in [3.05, 3.63) is 112 Å². The second-order valence-electron chi connectivity index (χ2n) is 9.76. The molecule has 0 aliphatic rings. The van der Waals surface area contributed by atoms with Crippen molar-refractivity contribution in [2.75, 3.05) is 19.0 Å². The molecule has 0 fully saturated rings. The average Bonchev–Trinajstić information content (AvgIpc) is 3.30. The zero-order valence-electron chi connectivity index (χ0n) is 22.7. The second kappa shape index (κ2) is 12.0. The van der Waals surface area contributed by atoms with Crippen molar-refractivity contribution in [3.8, 4) is 11.3 Å². The van der Waals surface area contributed by atoms with Gasteiger partial charge in [-0.05, 0) is 66.6 Å². The monoisotopic (exact) mass is 578 g/mol. The lowest BCUT2D eigenvalue weighted by atomic mass is 10.0. The van der Waals surface area contributed by atoms with Gasteiger partial charge in [-0.3, -0.25) is 0 Å². The molecular weight excluding hydrogens is 552 g/mol. The van der Waals surface area contributed by atoms with Gasteiger partial charge in [0.25, 0.3) is 0 Å². The molecule has 3 aromatic carbocycles. The van der Waals surface area contributed by atoms with E-state index in [4.69, 9.17) is 4.74 Å². The van der Waals surface area contributed by atoms with Crippen LogP contribution in [0, 0.1) is 30.2 Å². The summed E-state index contributed by atoms with van der Waals surface area (Å²) < 4.78 is 66.3. The van der Waals surface area contributed by atoms with Gasteiger partial charge in [0.1, 0.15) is 23.3 Å². The lowest BCUT2D eigenvalue weighted by Crippen LogP contribution is -2.10. The summed E-state index contributed by atoms with van der Waals surface area (Å²) in [5, 5.41) is 12.1. The Labute approximate surface area is 238 Å². The molecule has 7 nitrogen and oxygen atoms in total. The summed E-state index contributed by atoms with van der Waals surface area (Å²) in [5.41, 5.74) is 1.95. The van der Waals surface area contributed by atoms with Gasteiger partial charge in [0.2, 0.25) is 0 Å². The maximum absolute atomic E-state index is 15.4. The largest absolute Gasteiger partial charge is 0.478 e. The number of pyridine rings is 1. The molecule has 5 rings (SSSR count). The molecule has 2 aromatic heterocycles. The molecule has 11 heteroatoms. The number of ether oxygens (including phenoxy) is 1. The van der Waals surface area contributed by atoms with E-state index in [0.717, 1.165) is 23.8 Å². The first kappa shape index (κ1) is 28.7. The van der Waals surface area contributed by atoms with Gasteiger partial charge in [0.05, 0.1) is 28.9 Å². The minimum atomic E-state index is -1.10. The van der Waals surface area contributed by atoms with Crippen LogP contribution >= 0.6 is 0 Å². The van der Waals surface area contributed by atoms with E-state index in [2.05, 4.69) is 15.3 Å². The molecule has 216 valence electrons. The van der Waals surface area contributed by atoms with Crippen LogP contribution in [0.2, 0.25) is 0 Å². The smallest absolute Gasteiger partial charge is 0.335 e. The van der Waals surface area contributed by atoms with Crippen molar-refractivity contribution < 1.29 is 32.2 Å². The van der Waals surface area contributed by atoms with E-state index in [1.54, 1.807) is 29.7 Å². The van der Waals surface area contributed by atoms with E-state index >= 15 is 8.78 Å². The lowest BCUT2D eigenvalue weighted by molar-refractivity contribution is 0.0697. The third kappa shape index (κ3) is 5.96. The number of aryl methyl sites for hydroxylation is 1. The molecule has 2 N–H and O–H groups in total. The fourth-order valence-corrected chi connectivity index (χ4v) is 4.65. The first-order valence-corrected chi connectivity index (χ1v) is 13.0. The van der Waals surface area contributed by atoms with Crippen molar-refractivity contribution in [1.82, 2.24) is 14.5 Å². The number of carboxylic acid groups (broad SMARTS) is 1. The van der Waals surface area contributed by atoms with Crippen LogP contribution < -0.4 is 5.32 Å². The van der Waals surface area contributed by atoms with Gasteiger partial charge < -0.3 is 19.7 Å². The molecule has 0 unspecified atom stereocenters. The molecule has 0 aliphatic heterocycles. The Morgan fingerprint density at radius 3 is 2.43 bits per heavy atom. The van der Waals surface area contributed by atoms with Gasteiger partial charge in [0.15, 0.2) is 11.6 Å². The second-order valence-corrected chi connectivity index (χ2v) is 9.76. The van der Waals surface area contributed by atoms with Crippen molar-refractivity contribution >= 4 is 22.8 Å². The molecule has 0 atom stereocenters. The third-order valence-corrected chi connectivity index (χ3v) is 6.85. The number of anilines is 1. The van der Waals surface area contributed by atoms with Crippen molar-refractivity contribution in [3.63, 3.8) is 0 Å². The van der Waals surface area contributed by atoms with Crippen LogP contribution in [0.25, 0.3) is 22.3 Å². The summed E-state index contributed by atoms with van der Waals surface area (Å²) in [4.78, 5) is 20.1. The lowest BCUT2D eigenvalue weighted by Gasteiger charge is -2.12. The van der Waals surface area contributed by atoms with Crippen LogP contribution in [-0.2, 0) is 24.2 Å². The molecule has 0 saturated carbocycles. The summed E-state index contributed by atoms with van der Waals surface area (Å²) in [5.74, 6) is -3.64. The maximum Gasteiger partial charge on any atom is 0.335 e. The number of rotatable bonds is 10. The zero-order chi connectivity index (χ0) is 30.0. The summed E-state index contributed by atoms with van der Waals surface area (Å²) in [6, 6.07) is 13.4. The maximum atomic E-state index is 15.4. The Morgan fingerprint density at radius 1 is 0.905 bits per heavy atom. The predicted molar refractivity (Wildman–Crippen MR) is 149 cm³/mol. The molecule has 0 amide bonds. The number of hydrogen-bond donors (Lipinski definition) is 2. The van der Waals surface area contributed by atoms with Gasteiger partial charge in [-0.2, -0.15) is 0 Å². The first-order chi connectivity index (χ1) is 20.1. The Kier molecular flexibility index (Phi) is 8.21. The topological polar surface area (TPSA) is 89.3 Å². The van der Waals surface area contributed by atoms with E-state index in [9.17, 15) is 18.7 Å². The molecule has 0 radical (unpaired) electrons. The van der Waals surface area contributed by atoms with Crippen LogP contribution in [-0.4, -0.2) is 39.3 Å². The minimum absolute atomic E-state index is 0.0130. The highest BCUT2D eigenvalue weighted by Crippen LogP contribution is 2.29. The number of carboxylic acids is 1. The van der Waals surface area contributed by atoms with Crippen LogP contribution in [0.15, 0.2) is 60.7 Å². The number of halogens is 4. The SMILES string of the molecule is COCCn1c(Cc2cc(F)c(-c3ccc(F)c(NCc4ccc(C)cc4F)n3)cc2F)nc2ccc(C(=O)O)cc21. The third-order valence-electron chi connectivity index (χ3n) is 6.85. The Morgan fingerprint density at radius 2 is 1.69 bits per heavy atom. The fourth-order valence-electron chi connectivity index (χ4n) is 4.65. The summed E-state index contributed by atoms with van der Waals surface area (Å²) >= 11 is 0. The van der Waals surface area contributed by atoms with Crippen LogP contribution in [0.5, 0.6) is 0 Å². The number of fused-ring (bicyclic) bond motifs is 1. The van der Waals surface area contributed by atoms with E-state index < -0.39 is 29.2 Å². The van der Waals surface area contributed by atoms with Crippen LogP contribution in [0.1, 0.15) is 32.9 Å². The molecule has 2 heterocycles. The number of aromatic carboxylic acids is 1. The molecule has 0 bridgehead atoms. The van der Waals surface area contributed by atoms with Crippen LogP contribution in [0.3, 0.4) is 0 Å². The first-order valence-electron chi connectivity index (χ1n) is 13.0. The Bertz CT molecular complexity index is 1810. The van der Waals surface area contributed by atoms with E-state index in [0.29, 0.717) is 29.0 Å². The summed E-state index contributed by atoms with van der Waals surface area (Å²) in [6.45, 7) is 2.29. The number of methoxy groups -OCH3 is 1. The van der Waals surface area contributed by atoms with Gasteiger partial charge in [0, 0.05) is 37.7 Å². The number of carbonyl (C=O) groups is 1. The number of aromatic nitrogens is 3. The molecule has 0 saturated heterocycles. The zero-order valence-corrected chi connectivity index (χ0v) is 22.7. The molecule has 42 heavy (non-hydrogen) atoms. The summed E-state index contributed by atoms with van der Waals surface area (Å²) in [6.07, 6.45) is -0.0877. The molecule has 5 aromatic rings.